The van der Waals surface area contributed by atoms with Crippen LogP contribution in [0.25, 0.3) is 0 Å². The average molecular weight is 351 g/mol. The first kappa shape index (κ1) is 17.8. The molecule has 2 rings (SSSR count). The van der Waals surface area contributed by atoms with Crippen molar-refractivity contribution in [3.05, 3.63) is 50.4 Å². The molecule has 0 unspecified atom stereocenters. The van der Waals surface area contributed by atoms with Crippen molar-refractivity contribution in [1.82, 2.24) is 15.2 Å². The van der Waals surface area contributed by atoms with Gasteiger partial charge in [-0.25, -0.2) is 4.98 Å². The number of guanidine groups is 1. The number of nitrogens with one attached hydrogen (secondary N) is 1. The maximum absolute atomic E-state index is 6.23. The summed E-state index contributed by atoms with van der Waals surface area (Å²) in [6.45, 7) is 5.67. The number of hydrogen-bond donors (Lipinski definition) is 1. The van der Waals surface area contributed by atoms with E-state index in [1.807, 2.05) is 38.2 Å². The Labute approximate surface area is 147 Å². The second-order valence-electron chi connectivity index (χ2n) is 5.41. The number of halogens is 1. The molecule has 1 N–H and O–H groups in total. The number of hydrogen-bond acceptors (Lipinski definition) is 3. The Morgan fingerprint density at radius 1 is 1.35 bits per heavy atom. The molecule has 0 aliphatic heterocycles. The first-order valence-corrected chi connectivity index (χ1v) is 8.78. The van der Waals surface area contributed by atoms with E-state index in [4.69, 9.17) is 11.6 Å². The third kappa shape index (κ3) is 4.94. The number of benzene rings is 1. The minimum atomic E-state index is 0.720. The van der Waals surface area contributed by atoms with Gasteiger partial charge in [0.2, 0.25) is 0 Å². The van der Waals surface area contributed by atoms with Gasteiger partial charge in [0.1, 0.15) is 0 Å². The standard InChI is InChI=1S/C17H23ClN4S/c1-12-16(23-13(2)21-12)9-10-20-17(19-3)22(4)11-14-7-5-6-8-15(14)18/h5-8H,9-11H2,1-4H3,(H,19,20). The van der Waals surface area contributed by atoms with Crippen LogP contribution in [0.1, 0.15) is 21.1 Å². The van der Waals surface area contributed by atoms with E-state index in [-0.39, 0.29) is 0 Å². The molecule has 0 saturated heterocycles. The molecule has 0 spiro atoms. The van der Waals surface area contributed by atoms with E-state index in [9.17, 15) is 0 Å². The fraction of sp³-hybridized carbons (Fsp3) is 0.412. The zero-order valence-electron chi connectivity index (χ0n) is 14.1. The predicted molar refractivity (Wildman–Crippen MR) is 99.6 cm³/mol. The highest BCUT2D eigenvalue weighted by molar-refractivity contribution is 7.11. The molecule has 0 fully saturated rings. The molecule has 0 aliphatic carbocycles. The molecule has 124 valence electrons. The van der Waals surface area contributed by atoms with Gasteiger partial charge < -0.3 is 10.2 Å². The fourth-order valence-electron chi connectivity index (χ4n) is 2.44. The summed E-state index contributed by atoms with van der Waals surface area (Å²) in [6, 6.07) is 7.89. The first-order valence-electron chi connectivity index (χ1n) is 7.59. The van der Waals surface area contributed by atoms with Crippen LogP contribution in [-0.4, -0.2) is 36.5 Å². The second kappa shape index (κ2) is 8.31. The Kier molecular flexibility index (Phi) is 6.42. The van der Waals surface area contributed by atoms with Gasteiger partial charge in [0.25, 0.3) is 0 Å². The summed E-state index contributed by atoms with van der Waals surface area (Å²) >= 11 is 7.99. The molecule has 0 amide bonds. The molecule has 6 heteroatoms. The molecule has 2 aromatic rings. The Hall–Kier alpha value is -1.59. The van der Waals surface area contributed by atoms with Gasteiger partial charge in [-0.3, -0.25) is 4.99 Å². The summed E-state index contributed by atoms with van der Waals surface area (Å²) in [6.07, 6.45) is 0.955. The van der Waals surface area contributed by atoms with Gasteiger partial charge in [-0.2, -0.15) is 0 Å². The van der Waals surface area contributed by atoms with Gasteiger partial charge in [0.05, 0.1) is 10.7 Å². The van der Waals surface area contributed by atoms with Gasteiger partial charge >= 0.3 is 0 Å². The van der Waals surface area contributed by atoms with Crippen molar-refractivity contribution in [2.75, 3.05) is 20.6 Å². The van der Waals surface area contributed by atoms with Crippen LogP contribution in [0.3, 0.4) is 0 Å². The van der Waals surface area contributed by atoms with Crippen LogP contribution >= 0.6 is 22.9 Å². The van der Waals surface area contributed by atoms with E-state index in [1.165, 1.54) is 4.88 Å². The maximum Gasteiger partial charge on any atom is 0.193 e. The van der Waals surface area contributed by atoms with E-state index < -0.39 is 0 Å². The van der Waals surface area contributed by atoms with Crippen molar-refractivity contribution in [3.8, 4) is 0 Å². The van der Waals surface area contributed by atoms with Crippen LogP contribution in [0.2, 0.25) is 5.02 Å². The highest BCUT2D eigenvalue weighted by atomic mass is 35.5. The Bertz CT molecular complexity index is 681. The van der Waals surface area contributed by atoms with E-state index in [0.29, 0.717) is 0 Å². The van der Waals surface area contributed by atoms with Gasteiger partial charge in [0, 0.05) is 43.5 Å². The molecule has 0 radical (unpaired) electrons. The normalized spacial score (nSPS) is 11.6. The summed E-state index contributed by atoms with van der Waals surface area (Å²) in [5.41, 5.74) is 2.22. The van der Waals surface area contributed by atoms with Crippen LogP contribution in [0.4, 0.5) is 0 Å². The SMILES string of the molecule is CN=C(NCCc1sc(C)nc1C)N(C)Cc1ccccc1Cl. The van der Waals surface area contributed by atoms with Crippen molar-refractivity contribution in [2.24, 2.45) is 4.99 Å². The monoisotopic (exact) mass is 350 g/mol. The molecule has 1 heterocycles. The number of aromatic nitrogens is 1. The van der Waals surface area contributed by atoms with Gasteiger partial charge in [0.15, 0.2) is 5.96 Å². The highest BCUT2D eigenvalue weighted by Gasteiger charge is 2.09. The zero-order valence-corrected chi connectivity index (χ0v) is 15.6. The zero-order chi connectivity index (χ0) is 16.8. The van der Waals surface area contributed by atoms with E-state index in [2.05, 4.69) is 27.1 Å². The molecule has 1 aromatic carbocycles. The van der Waals surface area contributed by atoms with Crippen LogP contribution < -0.4 is 5.32 Å². The van der Waals surface area contributed by atoms with Crippen molar-refractivity contribution in [2.45, 2.75) is 26.8 Å². The highest BCUT2D eigenvalue weighted by Crippen LogP contribution is 2.18. The number of thiazole rings is 1. The smallest absolute Gasteiger partial charge is 0.193 e. The molecular weight excluding hydrogens is 328 g/mol. The minimum absolute atomic E-state index is 0.720. The molecule has 0 saturated carbocycles. The first-order chi connectivity index (χ1) is 11.0. The largest absolute Gasteiger partial charge is 0.356 e. The Morgan fingerprint density at radius 3 is 2.70 bits per heavy atom. The maximum atomic E-state index is 6.23. The molecule has 0 aliphatic rings. The van der Waals surface area contributed by atoms with E-state index in [0.717, 1.165) is 46.8 Å². The third-order valence-corrected chi connectivity index (χ3v) is 5.07. The van der Waals surface area contributed by atoms with Crippen LogP contribution in [0, 0.1) is 13.8 Å². The average Bonchev–Trinajstić information content (AvgIpc) is 2.84. The number of aliphatic imine (C=N–C) groups is 1. The minimum Gasteiger partial charge on any atom is -0.356 e. The number of rotatable bonds is 5. The third-order valence-electron chi connectivity index (χ3n) is 3.57. The molecule has 0 bridgehead atoms. The van der Waals surface area contributed by atoms with Crippen molar-refractivity contribution in [1.29, 1.82) is 0 Å². The summed E-state index contributed by atoms with van der Waals surface area (Å²) < 4.78 is 0. The van der Waals surface area contributed by atoms with Crippen molar-refractivity contribution in [3.63, 3.8) is 0 Å². The lowest BCUT2D eigenvalue weighted by molar-refractivity contribution is 0.477. The second-order valence-corrected chi connectivity index (χ2v) is 7.11. The molecule has 1 aromatic heterocycles. The Morgan fingerprint density at radius 2 is 2.09 bits per heavy atom. The van der Waals surface area contributed by atoms with Crippen molar-refractivity contribution < 1.29 is 0 Å². The fourth-order valence-corrected chi connectivity index (χ4v) is 3.57. The van der Waals surface area contributed by atoms with Crippen molar-refractivity contribution >= 4 is 28.9 Å². The van der Waals surface area contributed by atoms with Crippen LogP contribution in [0.5, 0.6) is 0 Å². The molecule has 4 nitrogen and oxygen atoms in total. The lowest BCUT2D eigenvalue weighted by Gasteiger charge is -2.22. The van der Waals surface area contributed by atoms with Crippen LogP contribution in [-0.2, 0) is 13.0 Å². The summed E-state index contributed by atoms with van der Waals surface area (Å²) in [7, 11) is 3.81. The van der Waals surface area contributed by atoms with Crippen LogP contribution in [0.15, 0.2) is 29.3 Å². The van der Waals surface area contributed by atoms with E-state index >= 15 is 0 Å². The van der Waals surface area contributed by atoms with E-state index in [1.54, 1.807) is 18.4 Å². The summed E-state index contributed by atoms with van der Waals surface area (Å²) in [5, 5.41) is 5.31. The topological polar surface area (TPSA) is 40.5 Å². The predicted octanol–water partition coefficient (Wildman–Crippen LogP) is 3.66. The summed E-state index contributed by atoms with van der Waals surface area (Å²) in [5.74, 6) is 0.865. The van der Waals surface area contributed by atoms with Gasteiger partial charge in [-0.05, 0) is 25.5 Å². The quantitative estimate of drug-likeness (QED) is 0.660. The summed E-state index contributed by atoms with van der Waals surface area (Å²) in [4.78, 5) is 12.2. The Balaban J connectivity index is 1.90. The lowest BCUT2D eigenvalue weighted by Crippen LogP contribution is -2.39. The number of nitrogens with zero attached hydrogens (tertiary/aromatic N) is 3. The molecule has 23 heavy (non-hydrogen) atoms. The number of aryl methyl sites for hydroxylation is 2. The lowest BCUT2D eigenvalue weighted by atomic mass is 10.2. The molecule has 0 atom stereocenters. The van der Waals surface area contributed by atoms with Gasteiger partial charge in [-0.1, -0.05) is 29.8 Å². The molecular formula is C17H23ClN4S. The van der Waals surface area contributed by atoms with Gasteiger partial charge in [-0.15, -0.1) is 11.3 Å².